The van der Waals surface area contributed by atoms with Crippen LogP contribution in [0.4, 0.5) is 0 Å². The summed E-state index contributed by atoms with van der Waals surface area (Å²) in [6, 6.07) is 10.6. The van der Waals surface area contributed by atoms with Gasteiger partial charge < -0.3 is 4.74 Å². The van der Waals surface area contributed by atoms with E-state index in [9.17, 15) is 10.1 Å². The van der Waals surface area contributed by atoms with Crippen LogP contribution in [-0.2, 0) is 16.0 Å². The summed E-state index contributed by atoms with van der Waals surface area (Å²) < 4.78 is 5.50. The van der Waals surface area contributed by atoms with Crippen molar-refractivity contribution in [2.75, 3.05) is 26.3 Å². The Labute approximate surface area is 178 Å². The van der Waals surface area contributed by atoms with E-state index in [1.807, 2.05) is 17.1 Å². The zero-order valence-corrected chi connectivity index (χ0v) is 18.1. The van der Waals surface area contributed by atoms with E-state index in [0.717, 1.165) is 29.7 Å². The largest absolute Gasteiger partial charge is 0.379 e. The zero-order chi connectivity index (χ0) is 21.5. The lowest BCUT2D eigenvalue weighted by molar-refractivity contribution is -0.119. The number of carbonyl (C=O) groups is 1. The lowest BCUT2D eigenvalue weighted by atomic mass is 9.67. The molecule has 3 aliphatic rings. The number of morpholine rings is 1. The molecule has 0 bridgehead atoms. The maximum Gasteiger partial charge on any atom is 0.161 e. The van der Waals surface area contributed by atoms with E-state index in [1.54, 1.807) is 0 Å². The van der Waals surface area contributed by atoms with Crippen molar-refractivity contribution in [2.45, 2.75) is 46.0 Å². The molecule has 0 aromatic heterocycles. The molecular weight excluding hydrogens is 376 g/mol. The number of hydrazine groups is 1. The van der Waals surface area contributed by atoms with E-state index in [-0.39, 0.29) is 23.0 Å². The summed E-state index contributed by atoms with van der Waals surface area (Å²) in [5.41, 5.74) is 3.63. The molecule has 6 nitrogen and oxygen atoms in total. The van der Waals surface area contributed by atoms with Crippen molar-refractivity contribution in [3.63, 3.8) is 0 Å². The average Bonchev–Trinajstić information content (AvgIpc) is 2.73. The predicted octanol–water partition coefficient (Wildman–Crippen LogP) is 3.66. The Bertz CT molecular complexity index is 920. The van der Waals surface area contributed by atoms with Crippen molar-refractivity contribution < 1.29 is 9.53 Å². The molecule has 30 heavy (non-hydrogen) atoms. The number of ether oxygens (including phenoxy) is 1. The fourth-order valence-electron chi connectivity index (χ4n) is 4.98. The minimum atomic E-state index is -0.691. The van der Waals surface area contributed by atoms with Crippen molar-refractivity contribution in [1.82, 2.24) is 10.0 Å². The number of hydrogen-bond donors (Lipinski definition) is 1. The van der Waals surface area contributed by atoms with Crippen molar-refractivity contribution in [2.24, 2.45) is 11.3 Å². The molecule has 1 aromatic rings. The van der Waals surface area contributed by atoms with Crippen molar-refractivity contribution in [3.05, 3.63) is 46.7 Å². The fraction of sp³-hybridized carbons (Fsp3) is 0.542. The highest BCUT2D eigenvalue weighted by atomic mass is 16.5. The van der Waals surface area contributed by atoms with E-state index >= 15 is 0 Å². The van der Waals surface area contributed by atoms with Gasteiger partial charge in [-0.2, -0.15) is 5.26 Å². The van der Waals surface area contributed by atoms with Crippen LogP contribution in [-0.4, -0.2) is 47.9 Å². The SMILES string of the molecule is CCc1ccc(C2C3=C(CC(C)(C)CC3=O)N(N3CCOCC3)C(=N)C2C#N)cc1. The number of hydrogen-bond acceptors (Lipinski definition) is 5. The molecule has 6 heteroatoms. The quantitative estimate of drug-likeness (QED) is 0.829. The fourth-order valence-corrected chi connectivity index (χ4v) is 4.98. The van der Waals surface area contributed by atoms with Gasteiger partial charge in [-0.1, -0.05) is 45.0 Å². The second-order valence-electron chi connectivity index (χ2n) is 9.24. The van der Waals surface area contributed by atoms with Crippen LogP contribution in [0.2, 0.25) is 0 Å². The molecule has 0 saturated carbocycles. The minimum absolute atomic E-state index is 0.108. The Hall–Kier alpha value is -2.49. The third kappa shape index (κ3) is 3.57. The number of aryl methyl sites for hydroxylation is 1. The molecule has 1 aromatic carbocycles. The van der Waals surface area contributed by atoms with Crippen molar-refractivity contribution in [1.29, 1.82) is 10.7 Å². The monoisotopic (exact) mass is 406 g/mol. The number of amidine groups is 1. The highest BCUT2D eigenvalue weighted by Gasteiger charge is 2.49. The molecule has 158 valence electrons. The number of rotatable bonds is 3. The summed E-state index contributed by atoms with van der Waals surface area (Å²) in [4.78, 5) is 13.4. The lowest BCUT2D eigenvalue weighted by Crippen LogP contribution is -2.57. The van der Waals surface area contributed by atoms with Gasteiger partial charge in [0.1, 0.15) is 11.8 Å². The number of nitrogens with zero attached hydrogens (tertiary/aromatic N) is 3. The summed E-state index contributed by atoms with van der Waals surface area (Å²) in [7, 11) is 0. The van der Waals surface area contributed by atoms with Crippen LogP contribution in [0, 0.1) is 28.1 Å². The molecular formula is C24H30N4O2. The van der Waals surface area contributed by atoms with Crippen LogP contribution in [0.25, 0.3) is 0 Å². The van der Waals surface area contributed by atoms with Gasteiger partial charge in [-0.25, -0.2) is 5.01 Å². The van der Waals surface area contributed by atoms with Gasteiger partial charge in [0.25, 0.3) is 0 Å². The molecule has 1 N–H and O–H groups in total. The van der Waals surface area contributed by atoms with E-state index < -0.39 is 5.92 Å². The number of Topliss-reactive ketones (excluding diaryl/α,β-unsaturated/α-hetero) is 1. The van der Waals surface area contributed by atoms with Crippen LogP contribution in [0.3, 0.4) is 0 Å². The molecule has 4 rings (SSSR count). The molecule has 2 atom stereocenters. The molecule has 1 aliphatic carbocycles. The second kappa shape index (κ2) is 7.98. The normalized spacial score (nSPS) is 27.1. The number of benzene rings is 1. The Morgan fingerprint density at radius 1 is 1.20 bits per heavy atom. The van der Waals surface area contributed by atoms with Crippen molar-refractivity contribution >= 4 is 11.6 Å². The zero-order valence-electron chi connectivity index (χ0n) is 18.1. The molecule has 0 spiro atoms. The second-order valence-corrected chi connectivity index (χ2v) is 9.24. The van der Waals surface area contributed by atoms with Gasteiger partial charge in [0.2, 0.25) is 0 Å². The standard InChI is InChI=1S/C24H30N4O2/c1-4-16-5-7-17(8-6-16)21-18(15-25)23(26)28(27-9-11-30-12-10-27)19-13-24(2,3)14-20(29)22(19)21/h5-8,18,21,26H,4,9-14H2,1-3H3. The summed E-state index contributed by atoms with van der Waals surface area (Å²) in [5.74, 6) is -0.696. The third-order valence-corrected chi connectivity index (χ3v) is 6.48. The topological polar surface area (TPSA) is 80.4 Å². The number of allylic oxidation sites excluding steroid dienone is 2. The Balaban J connectivity index is 1.88. The van der Waals surface area contributed by atoms with Gasteiger partial charge >= 0.3 is 0 Å². The Morgan fingerprint density at radius 3 is 2.47 bits per heavy atom. The van der Waals surface area contributed by atoms with Gasteiger partial charge in [-0.15, -0.1) is 0 Å². The summed E-state index contributed by atoms with van der Waals surface area (Å²) in [5, 5.41) is 23.0. The first-order valence-electron chi connectivity index (χ1n) is 10.8. The maximum absolute atomic E-state index is 13.4. The smallest absolute Gasteiger partial charge is 0.161 e. The Kier molecular flexibility index (Phi) is 5.52. The van der Waals surface area contributed by atoms with Gasteiger partial charge in [0.15, 0.2) is 5.78 Å². The van der Waals surface area contributed by atoms with E-state index in [1.165, 1.54) is 5.56 Å². The average molecular weight is 407 g/mol. The summed E-state index contributed by atoms with van der Waals surface area (Å²) in [6.07, 6.45) is 2.13. The number of ketones is 1. The van der Waals surface area contributed by atoms with E-state index in [4.69, 9.17) is 10.1 Å². The highest BCUT2D eigenvalue weighted by molar-refractivity contribution is 6.03. The van der Waals surface area contributed by atoms with Crippen molar-refractivity contribution in [3.8, 4) is 6.07 Å². The lowest BCUT2D eigenvalue weighted by Gasteiger charge is -2.50. The number of carbonyl (C=O) groups excluding carboxylic acids is 1. The Morgan fingerprint density at radius 2 is 1.87 bits per heavy atom. The number of nitriles is 1. The molecule has 1 fully saturated rings. The molecule has 0 amide bonds. The maximum atomic E-state index is 13.4. The molecule has 0 radical (unpaired) electrons. The van der Waals surface area contributed by atoms with Crippen LogP contribution >= 0.6 is 0 Å². The van der Waals surface area contributed by atoms with Gasteiger partial charge in [0.05, 0.1) is 19.3 Å². The number of nitrogens with one attached hydrogen (secondary N) is 1. The van der Waals surface area contributed by atoms with Crippen LogP contribution < -0.4 is 0 Å². The van der Waals surface area contributed by atoms with Gasteiger partial charge in [-0.05, 0) is 29.4 Å². The third-order valence-electron chi connectivity index (χ3n) is 6.48. The first kappa shape index (κ1) is 20.8. The van der Waals surface area contributed by atoms with Crippen LogP contribution in [0.1, 0.15) is 50.7 Å². The predicted molar refractivity (Wildman–Crippen MR) is 115 cm³/mol. The summed E-state index contributed by atoms with van der Waals surface area (Å²) >= 11 is 0. The minimum Gasteiger partial charge on any atom is -0.379 e. The van der Waals surface area contributed by atoms with E-state index in [0.29, 0.717) is 32.7 Å². The molecule has 2 aliphatic heterocycles. The first-order chi connectivity index (χ1) is 14.4. The van der Waals surface area contributed by atoms with Crippen LogP contribution in [0.15, 0.2) is 35.5 Å². The molecule has 2 heterocycles. The molecule has 2 unspecified atom stereocenters. The first-order valence-corrected chi connectivity index (χ1v) is 10.8. The van der Waals surface area contributed by atoms with Gasteiger partial charge in [0, 0.05) is 36.7 Å². The van der Waals surface area contributed by atoms with E-state index in [2.05, 4.69) is 44.0 Å². The van der Waals surface area contributed by atoms with Crippen LogP contribution in [0.5, 0.6) is 0 Å². The summed E-state index contributed by atoms with van der Waals surface area (Å²) in [6.45, 7) is 8.81. The van der Waals surface area contributed by atoms with Gasteiger partial charge in [-0.3, -0.25) is 15.2 Å². The molecule has 1 saturated heterocycles. The highest BCUT2D eigenvalue weighted by Crippen LogP contribution is 2.49.